The predicted octanol–water partition coefficient (Wildman–Crippen LogP) is 2.55. The number of carbonyl (C=O) groups is 1. The van der Waals surface area contributed by atoms with Crippen molar-refractivity contribution in [2.24, 2.45) is 5.73 Å². The van der Waals surface area contributed by atoms with E-state index < -0.39 is 23.8 Å². The van der Waals surface area contributed by atoms with Gasteiger partial charge in [0.2, 0.25) is 0 Å². The van der Waals surface area contributed by atoms with E-state index in [0.29, 0.717) is 0 Å². The van der Waals surface area contributed by atoms with Crippen LogP contribution in [0.2, 0.25) is 0 Å². The molecule has 3 N–H and O–H groups in total. The molecule has 0 aliphatic heterocycles. The van der Waals surface area contributed by atoms with E-state index >= 15 is 0 Å². The Morgan fingerprint density at radius 3 is 2.38 bits per heavy atom. The van der Waals surface area contributed by atoms with Gasteiger partial charge in [0.25, 0.3) is 0 Å². The van der Waals surface area contributed by atoms with Crippen molar-refractivity contribution in [2.45, 2.75) is 12.2 Å². The lowest BCUT2D eigenvalue weighted by Crippen LogP contribution is -2.21. The average molecular weight is 298 g/mol. The van der Waals surface area contributed by atoms with Crippen LogP contribution in [0, 0.1) is 0 Å². The van der Waals surface area contributed by atoms with Crippen LogP contribution < -0.4 is 5.73 Å². The van der Waals surface area contributed by atoms with Gasteiger partial charge in [0.05, 0.1) is 5.56 Å². The molecule has 7 heteroatoms. The second-order valence-corrected chi connectivity index (χ2v) is 4.00. The quantitative estimate of drug-likeness (QED) is 0.882. The van der Waals surface area contributed by atoms with Gasteiger partial charge in [0.15, 0.2) is 0 Å². The summed E-state index contributed by atoms with van der Waals surface area (Å²) in [6.45, 7) is 0. The third-order valence-corrected chi connectivity index (χ3v) is 2.33. The topological polar surface area (TPSA) is 63.3 Å². The number of rotatable bonds is 2. The summed E-state index contributed by atoms with van der Waals surface area (Å²) in [5.74, 6) is -1.38. The molecule has 0 saturated carbocycles. The Balaban J connectivity index is 3.23. The van der Waals surface area contributed by atoms with Crippen LogP contribution in [0.3, 0.4) is 0 Å². The lowest BCUT2D eigenvalue weighted by molar-refractivity contribution is -0.140. The average Bonchev–Trinajstić information content (AvgIpc) is 2.14. The molecule has 1 aromatic carbocycles. The van der Waals surface area contributed by atoms with Crippen LogP contribution in [-0.4, -0.2) is 11.1 Å². The summed E-state index contributed by atoms with van der Waals surface area (Å²) in [4.78, 5) is 10.6. The first-order valence-corrected chi connectivity index (χ1v) is 4.87. The Morgan fingerprint density at radius 2 is 1.94 bits per heavy atom. The highest BCUT2D eigenvalue weighted by molar-refractivity contribution is 9.10. The van der Waals surface area contributed by atoms with E-state index in [4.69, 9.17) is 10.8 Å². The van der Waals surface area contributed by atoms with Crippen molar-refractivity contribution >= 4 is 21.9 Å². The molecule has 3 nitrogen and oxygen atoms in total. The van der Waals surface area contributed by atoms with Crippen molar-refractivity contribution < 1.29 is 23.1 Å². The van der Waals surface area contributed by atoms with Crippen LogP contribution in [0.4, 0.5) is 13.2 Å². The number of halogens is 4. The number of carboxylic acids is 1. The van der Waals surface area contributed by atoms with Crippen molar-refractivity contribution in [2.75, 3.05) is 0 Å². The normalized spacial score (nSPS) is 13.6. The van der Waals surface area contributed by atoms with Gasteiger partial charge >= 0.3 is 12.1 Å². The van der Waals surface area contributed by atoms with Gasteiger partial charge in [-0.3, -0.25) is 4.79 Å². The molecule has 0 fully saturated rings. The molecule has 0 aliphatic carbocycles. The molecule has 0 aromatic heterocycles. The monoisotopic (exact) mass is 297 g/mol. The van der Waals surface area contributed by atoms with E-state index in [0.717, 1.165) is 12.1 Å². The summed E-state index contributed by atoms with van der Waals surface area (Å²) in [6, 6.07) is 1.36. The molecule has 1 aromatic rings. The van der Waals surface area contributed by atoms with Crippen LogP contribution in [0.25, 0.3) is 0 Å². The van der Waals surface area contributed by atoms with Crippen LogP contribution >= 0.6 is 15.9 Å². The number of nitrogens with two attached hydrogens (primary N) is 1. The first kappa shape index (κ1) is 13.0. The lowest BCUT2D eigenvalue weighted by Gasteiger charge is -2.12. The molecule has 16 heavy (non-hydrogen) atoms. The van der Waals surface area contributed by atoms with Gasteiger partial charge in [-0.05, 0) is 23.8 Å². The molecular formula is C9H7BrF3NO2. The summed E-state index contributed by atoms with van der Waals surface area (Å²) in [5, 5.41) is 8.60. The van der Waals surface area contributed by atoms with E-state index in [9.17, 15) is 18.0 Å². The minimum atomic E-state index is -4.53. The molecule has 1 rings (SSSR count). The summed E-state index contributed by atoms with van der Waals surface area (Å²) in [5.41, 5.74) is 4.19. The number of benzene rings is 1. The highest BCUT2D eigenvalue weighted by atomic mass is 79.9. The van der Waals surface area contributed by atoms with Gasteiger partial charge in [-0.1, -0.05) is 15.9 Å². The summed E-state index contributed by atoms with van der Waals surface area (Å²) >= 11 is 2.87. The molecular weight excluding hydrogens is 291 g/mol. The predicted molar refractivity (Wildman–Crippen MR) is 53.7 cm³/mol. The van der Waals surface area contributed by atoms with E-state index in [-0.39, 0.29) is 10.0 Å². The highest BCUT2D eigenvalue weighted by Crippen LogP contribution is 2.33. The fourth-order valence-corrected chi connectivity index (χ4v) is 1.61. The van der Waals surface area contributed by atoms with Gasteiger partial charge in [-0.15, -0.1) is 0 Å². The molecule has 0 saturated heterocycles. The molecule has 0 spiro atoms. The maximum absolute atomic E-state index is 12.4. The number of hydrogen-bond donors (Lipinski definition) is 2. The fourth-order valence-electron chi connectivity index (χ4n) is 1.10. The number of alkyl halides is 3. The standard InChI is InChI=1S/C9H7BrF3NO2/c10-6-2-4(7(14)8(15)16)1-5(3-6)9(11,12)13/h1-3,7H,14H2,(H,15,16)/t7-/m0/s1. The highest BCUT2D eigenvalue weighted by Gasteiger charge is 2.32. The van der Waals surface area contributed by atoms with Crippen LogP contribution in [0.5, 0.6) is 0 Å². The fraction of sp³-hybridized carbons (Fsp3) is 0.222. The first-order valence-electron chi connectivity index (χ1n) is 4.08. The van der Waals surface area contributed by atoms with E-state index in [1.54, 1.807) is 0 Å². The minimum Gasteiger partial charge on any atom is -0.480 e. The van der Waals surface area contributed by atoms with Gasteiger partial charge in [0, 0.05) is 4.47 Å². The Morgan fingerprint density at radius 1 is 1.38 bits per heavy atom. The van der Waals surface area contributed by atoms with E-state index in [2.05, 4.69) is 15.9 Å². The van der Waals surface area contributed by atoms with Crippen molar-refractivity contribution in [3.63, 3.8) is 0 Å². The van der Waals surface area contributed by atoms with Gasteiger partial charge in [-0.2, -0.15) is 13.2 Å². The third-order valence-electron chi connectivity index (χ3n) is 1.87. The Bertz CT molecular complexity index is 420. The van der Waals surface area contributed by atoms with Crippen molar-refractivity contribution in [1.82, 2.24) is 0 Å². The maximum atomic E-state index is 12.4. The SMILES string of the molecule is N[C@H](C(=O)O)c1cc(Br)cc(C(F)(F)F)c1. The Labute approximate surface area is 97.2 Å². The summed E-state index contributed by atoms with van der Waals surface area (Å²) in [6.07, 6.45) is -4.53. The lowest BCUT2D eigenvalue weighted by atomic mass is 10.0. The van der Waals surface area contributed by atoms with Crippen LogP contribution in [0.15, 0.2) is 22.7 Å². The van der Waals surface area contributed by atoms with Crippen molar-refractivity contribution in [1.29, 1.82) is 0 Å². The van der Waals surface area contributed by atoms with Gasteiger partial charge < -0.3 is 10.8 Å². The summed E-state index contributed by atoms with van der Waals surface area (Å²) < 4.78 is 37.3. The van der Waals surface area contributed by atoms with Gasteiger partial charge in [0.1, 0.15) is 6.04 Å². The molecule has 0 amide bonds. The number of hydrogen-bond acceptors (Lipinski definition) is 2. The van der Waals surface area contributed by atoms with E-state index in [1.165, 1.54) is 6.07 Å². The Hall–Kier alpha value is -1.08. The molecule has 0 radical (unpaired) electrons. The van der Waals surface area contributed by atoms with Crippen molar-refractivity contribution in [3.05, 3.63) is 33.8 Å². The largest absolute Gasteiger partial charge is 0.480 e. The molecule has 0 bridgehead atoms. The smallest absolute Gasteiger partial charge is 0.416 e. The van der Waals surface area contributed by atoms with Gasteiger partial charge in [-0.25, -0.2) is 0 Å². The van der Waals surface area contributed by atoms with Crippen molar-refractivity contribution in [3.8, 4) is 0 Å². The zero-order chi connectivity index (χ0) is 12.5. The molecule has 0 unspecified atom stereocenters. The van der Waals surface area contributed by atoms with E-state index in [1.807, 2.05) is 0 Å². The molecule has 1 atom stereocenters. The second kappa shape index (κ2) is 4.42. The second-order valence-electron chi connectivity index (χ2n) is 3.09. The van der Waals surface area contributed by atoms with Crippen LogP contribution in [-0.2, 0) is 11.0 Å². The number of aliphatic carboxylic acids is 1. The molecule has 0 heterocycles. The summed E-state index contributed by atoms with van der Waals surface area (Å²) in [7, 11) is 0. The first-order chi connectivity index (χ1) is 7.21. The third kappa shape index (κ3) is 2.96. The number of carboxylic acid groups (broad SMARTS) is 1. The molecule has 0 aliphatic rings. The molecule has 88 valence electrons. The Kier molecular flexibility index (Phi) is 3.59. The van der Waals surface area contributed by atoms with Crippen LogP contribution in [0.1, 0.15) is 17.2 Å². The zero-order valence-electron chi connectivity index (χ0n) is 7.75. The minimum absolute atomic E-state index is 0.103. The maximum Gasteiger partial charge on any atom is 0.416 e. The zero-order valence-corrected chi connectivity index (χ0v) is 9.34.